The van der Waals surface area contributed by atoms with E-state index in [2.05, 4.69) is 35.9 Å². The van der Waals surface area contributed by atoms with Gasteiger partial charge in [-0.2, -0.15) is 10.1 Å². The minimum Gasteiger partial charge on any atom is -0.410 e. The van der Waals surface area contributed by atoms with Crippen molar-refractivity contribution in [3.05, 3.63) is 61.1 Å². The first-order valence-electron chi connectivity index (χ1n) is 11.9. The van der Waals surface area contributed by atoms with E-state index >= 15 is 0 Å². The lowest BCUT2D eigenvalue weighted by Gasteiger charge is -2.16. The topological polar surface area (TPSA) is 126 Å². The Bertz CT molecular complexity index is 1200. The normalized spacial score (nSPS) is 14.2. The first-order chi connectivity index (χ1) is 17.5. The summed E-state index contributed by atoms with van der Waals surface area (Å²) in [6, 6.07) is 8.17. The number of hydrogen-bond acceptors (Lipinski definition) is 8. The molecule has 0 spiro atoms. The Morgan fingerprint density at radius 3 is 2.69 bits per heavy atom. The highest BCUT2D eigenvalue weighted by atomic mass is 16.6. The van der Waals surface area contributed by atoms with Crippen LogP contribution >= 0.6 is 0 Å². The third kappa shape index (κ3) is 7.91. The number of anilines is 4. The largest absolute Gasteiger partial charge is 0.418 e. The fourth-order valence-electron chi connectivity index (χ4n) is 3.79. The molecule has 1 fully saturated rings. The van der Waals surface area contributed by atoms with Crippen LogP contribution in [0.1, 0.15) is 25.7 Å². The maximum atomic E-state index is 12.4. The fourth-order valence-corrected chi connectivity index (χ4v) is 3.79. The summed E-state index contributed by atoms with van der Waals surface area (Å²) in [4.78, 5) is 35.4. The van der Waals surface area contributed by atoms with Crippen LogP contribution < -0.4 is 20.7 Å². The average molecular weight is 491 g/mol. The van der Waals surface area contributed by atoms with Crippen LogP contribution in [-0.4, -0.2) is 56.3 Å². The number of likely N-dealkylation sites (tertiary alicyclic amines) is 1. The molecule has 1 saturated heterocycles. The van der Waals surface area contributed by atoms with Crippen molar-refractivity contribution in [2.45, 2.75) is 25.7 Å². The van der Waals surface area contributed by atoms with Gasteiger partial charge in [0.05, 0.1) is 11.9 Å². The van der Waals surface area contributed by atoms with E-state index in [1.165, 1.54) is 38.0 Å². The Balaban J connectivity index is 1.27. The van der Waals surface area contributed by atoms with Crippen molar-refractivity contribution >= 4 is 35.1 Å². The molecule has 3 heterocycles. The van der Waals surface area contributed by atoms with Gasteiger partial charge in [0.25, 0.3) is 0 Å². The van der Waals surface area contributed by atoms with E-state index in [-0.39, 0.29) is 17.5 Å². The molecule has 0 aliphatic carbocycles. The monoisotopic (exact) mass is 490 g/mol. The molecule has 1 aromatic carbocycles. The highest BCUT2D eigenvalue weighted by Crippen LogP contribution is 2.19. The molecule has 3 N–H and O–H groups in total. The van der Waals surface area contributed by atoms with Gasteiger partial charge in [-0.05, 0) is 44.1 Å². The Labute approximate surface area is 209 Å². The summed E-state index contributed by atoms with van der Waals surface area (Å²) in [5.74, 6) is 0.609. The van der Waals surface area contributed by atoms with Crippen molar-refractivity contribution in [3.8, 4) is 5.75 Å². The van der Waals surface area contributed by atoms with Gasteiger partial charge < -0.3 is 15.4 Å². The molecular weight excluding hydrogens is 460 g/mol. The molecule has 11 heteroatoms. The van der Waals surface area contributed by atoms with Crippen LogP contribution in [0, 0.1) is 0 Å². The van der Waals surface area contributed by atoms with E-state index in [0.29, 0.717) is 17.3 Å². The zero-order chi connectivity index (χ0) is 25.2. The van der Waals surface area contributed by atoms with Crippen LogP contribution in [0.15, 0.2) is 61.1 Å². The molecular formula is C25H30N8O3. The molecule has 4 rings (SSSR count). The predicted molar refractivity (Wildman–Crippen MR) is 137 cm³/mol. The number of amides is 2. The summed E-state index contributed by atoms with van der Waals surface area (Å²) in [6.45, 7) is 2.91. The first-order valence-corrected chi connectivity index (χ1v) is 11.9. The van der Waals surface area contributed by atoms with Crippen LogP contribution in [0.25, 0.3) is 0 Å². The Hall–Kier alpha value is -4.25. The average Bonchev–Trinajstić information content (AvgIpc) is 3.08. The molecule has 0 atom stereocenters. The number of carbonyl (C=O) groups excluding carboxylic acids is 2. The number of aryl methyl sites for hydroxylation is 1. The van der Waals surface area contributed by atoms with Crippen molar-refractivity contribution in [1.29, 1.82) is 0 Å². The lowest BCUT2D eigenvalue weighted by molar-refractivity contribution is -0.111. The second-order valence-electron chi connectivity index (χ2n) is 8.44. The Kier molecular flexibility index (Phi) is 8.60. The Morgan fingerprint density at radius 2 is 1.92 bits per heavy atom. The zero-order valence-electron chi connectivity index (χ0n) is 20.2. The van der Waals surface area contributed by atoms with Gasteiger partial charge in [0.1, 0.15) is 11.6 Å². The number of nitrogens with one attached hydrogen (secondary N) is 3. The van der Waals surface area contributed by atoms with E-state index < -0.39 is 6.09 Å². The molecule has 0 unspecified atom stereocenters. The fraction of sp³-hybridized carbons (Fsp3) is 0.320. The SMILES string of the molecule is Cn1cc(Nc2nccc(NC(=O)Oc3cccc(NC(=O)/C=C/CN4CCCCCC4)c3)n2)cn1. The number of benzene rings is 1. The van der Waals surface area contributed by atoms with Gasteiger partial charge in [-0.1, -0.05) is 25.0 Å². The molecule has 188 valence electrons. The van der Waals surface area contributed by atoms with E-state index in [9.17, 15) is 9.59 Å². The predicted octanol–water partition coefficient (Wildman–Crippen LogP) is 3.94. The Morgan fingerprint density at radius 1 is 1.08 bits per heavy atom. The summed E-state index contributed by atoms with van der Waals surface area (Å²) < 4.78 is 7.00. The van der Waals surface area contributed by atoms with Crippen molar-refractivity contribution < 1.29 is 14.3 Å². The summed E-state index contributed by atoms with van der Waals surface area (Å²) >= 11 is 0. The molecule has 1 aliphatic rings. The van der Waals surface area contributed by atoms with Crippen LogP contribution in [0.4, 0.5) is 27.9 Å². The second kappa shape index (κ2) is 12.5. The number of nitrogens with zero attached hydrogens (tertiary/aromatic N) is 5. The maximum Gasteiger partial charge on any atom is 0.418 e. The molecule has 36 heavy (non-hydrogen) atoms. The summed E-state index contributed by atoms with van der Waals surface area (Å²) in [5.41, 5.74) is 1.24. The molecule has 3 aromatic rings. The van der Waals surface area contributed by atoms with E-state index in [4.69, 9.17) is 4.74 Å². The van der Waals surface area contributed by atoms with Gasteiger partial charge in [-0.25, -0.2) is 9.78 Å². The quantitative estimate of drug-likeness (QED) is 0.406. The third-order valence-electron chi connectivity index (χ3n) is 5.49. The van der Waals surface area contributed by atoms with Crippen molar-refractivity contribution in [2.75, 3.05) is 35.6 Å². The molecule has 2 aromatic heterocycles. The molecule has 0 radical (unpaired) electrons. The van der Waals surface area contributed by atoms with Gasteiger partial charge in [0, 0.05) is 43.8 Å². The molecule has 0 saturated carbocycles. The smallest absolute Gasteiger partial charge is 0.410 e. The summed E-state index contributed by atoms with van der Waals surface area (Å²) in [7, 11) is 1.80. The van der Waals surface area contributed by atoms with Gasteiger partial charge >= 0.3 is 6.09 Å². The second-order valence-corrected chi connectivity index (χ2v) is 8.44. The van der Waals surface area contributed by atoms with E-state index in [1.807, 2.05) is 6.08 Å². The maximum absolute atomic E-state index is 12.4. The molecule has 1 aliphatic heterocycles. The standard InChI is InChI=1S/C25H30N8O3/c1-32-18-20(17-27-32)29-24-26-12-11-22(30-24)31-25(35)36-21-9-6-8-19(16-21)28-23(34)10-7-15-33-13-4-2-3-5-14-33/h6-12,16-18H,2-5,13-15H2,1H3,(H,28,34)(H2,26,29,30,31,35)/b10-7+. The molecule has 11 nitrogen and oxygen atoms in total. The lowest BCUT2D eigenvalue weighted by atomic mass is 10.2. The zero-order valence-corrected chi connectivity index (χ0v) is 20.2. The number of ether oxygens (including phenoxy) is 1. The van der Waals surface area contributed by atoms with Crippen LogP contribution in [0.2, 0.25) is 0 Å². The van der Waals surface area contributed by atoms with Crippen molar-refractivity contribution in [3.63, 3.8) is 0 Å². The van der Waals surface area contributed by atoms with Crippen LogP contribution in [0.5, 0.6) is 5.75 Å². The van der Waals surface area contributed by atoms with E-state index in [1.54, 1.807) is 54.5 Å². The number of carbonyl (C=O) groups is 2. The minimum atomic E-state index is -0.721. The highest BCUT2D eigenvalue weighted by Gasteiger charge is 2.10. The first kappa shape index (κ1) is 24.9. The summed E-state index contributed by atoms with van der Waals surface area (Å²) in [6.07, 6.45) is 12.6. The van der Waals surface area contributed by atoms with Gasteiger partial charge in [-0.3, -0.25) is 19.7 Å². The highest BCUT2D eigenvalue weighted by molar-refractivity contribution is 5.99. The van der Waals surface area contributed by atoms with Crippen molar-refractivity contribution in [2.24, 2.45) is 7.05 Å². The molecule has 0 bridgehead atoms. The minimum absolute atomic E-state index is 0.235. The number of rotatable bonds is 8. The van der Waals surface area contributed by atoms with Gasteiger partial charge in [0.15, 0.2) is 0 Å². The summed E-state index contributed by atoms with van der Waals surface area (Å²) in [5, 5.41) is 12.4. The number of aromatic nitrogens is 4. The van der Waals surface area contributed by atoms with Crippen molar-refractivity contribution in [1.82, 2.24) is 24.6 Å². The van der Waals surface area contributed by atoms with E-state index in [0.717, 1.165) is 19.6 Å². The third-order valence-corrected chi connectivity index (χ3v) is 5.49. The molecule has 2 amide bonds. The van der Waals surface area contributed by atoms with Gasteiger partial charge in [0.2, 0.25) is 11.9 Å². The number of hydrogen-bond donors (Lipinski definition) is 3. The van der Waals surface area contributed by atoms with Crippen LogP contribution in [-0.2, 0) is 11.8 Å². The van der Waals surface area contributed by atoms with Crippen LogP contribution in [0.3, 0.4) is 0 Å². The lowest BCUT2D eigenvalue weighted by Crippen LogP contribution is -2.24. The van der Waals surface area contributed by atoms with Gasteiger partial charge in [-0.15, -0.1) is 0 Å².